The number of hydrogen-bond donors (Lipinski definition) is 1. The van der Waals surface area contributed by atoms with Gasteiger partial charge < -0.3 is 9.47 Å². The summed E-state index contributed by atoms with van der Waals surface area (Å²) in [5.41, 5.74) is 0.814. The molecule has 1 amide bonds. The minimum absolute atomic E-state index is 0.0721. The summed E-state index contributed by atoms with van der Waals surface area (Å²) < 4.78 is 37.6. The maximum Gasteiger partial charge on any atom is 0.265 e. The average molecular weight is 395 g/mol. The maximum absolute atomic E-state index is 12.4. The number of carbonyl (C=O) groups excluding carboxylic acids is 1. The Morgan fingerprint density at radius 2 is 2.15 bits per heavy atom. The molecule has 1 aromatic carbocycles. The Hall–Kier alpha value is -2.58. The summed E-state index contributed by atoms with van der Waals surface area (Å²) in [5.74, 6) is 0.323. The lowest BCUT2D eigenvalue weighted by Crippen LogP contribution is -2.34. The summed E-state index contributed by atoms with van der Waals surface area (Å²) in [6.07, 6.45) is 2.65. The highest BCUT2D eigenvalue weighted by Gasteiger charge is 2.24. The molecule has 26 heavy (non-hydrogen) atoms. The fourth-order valence-corrected chi connectivity index (χ4v) is 3.39. The first-order chi connectivity index (χ1) is 12.4. The Bertz CT molecular complexity index is 971. The lowest BCUT2D eigenvalue weighted by atomic mass is 10.1. The summed E-state index contributed by atoms with van der Waals surface area (Å²) in [4.78, 5) is 15.9. The minimum Gasteiger partial charge on any atom is -0.490 e. The lowest BCUT2D eigenvalue weighted by molar-refractivity contribution is -0.116. The number of halogens is 1. The number of ether oxygens (including phenoxy) is 2. The zero-order chi connectivity index (χ0) is 18.7. The van der Waals surface area contributed by atoms with Gasteiger partial charge in [-0.2, -0.15) is 0 Å². The van der Waals surface area contributed by atoms with Gasteiger partial charge in [0.05, 0.1) is 12.2 Å². The van der Waals surface area contributed by atoms with E-state index in [4.69, 9.17) is 21.1 Å². The molecule has 3 rings (SSSR count). The molecule has 0 spiro atoms. The number of benzene rings is 1. The molecule has 1 aliphatic heterocycles. The minimum atomic E-state index is -4.06. The first kappa shape index (κ1) is 18.2. The number of aromatic nitrogens is 1. The van der Waals surface area contributed by atoms with Crippen molar-refractivity contribution in [1.29, 1.82) is 0 Å². The lowest BCUT2D eigenvalue weighted by Gasteiger charge is -2.20. The van der Waals surface area contributed by atoms with Crippen molar-refractivity contribution in [2.45, 2.75) is 11.8 Å². The Morgan fingerprint density at radius 1 is 1.35 bits per heavy atom. The van der Waals surface area contributed by atoms with E-state index in [2.05, 4.69) is 4.98 Å². The average Bonchev–Trinajstić information content (AvgIpc) is 2.62. The molecule has 0 saturated heterocycles. The van der Waals surface area contributed by atoms with Crippen LogP contribution in [0.5, 0.6) is 11.5 Å². The second-order valence-corrected chi connectivity index (χ2v) is 7.39. The summed E-state index contributed by atoms with van der Waals surface area (Å²) in [7, 11) is -4.06. The smallest absolute Gasteiger partial charge is 0.265 e. The van der Waals surface area contributed by atoms with Crippen LogP contribution in [-0.2, 0) is 14.8 Å². The van der Waals surface area contributed by atoms with Crippen LogP contribution in [-0.4, -0.2) is 32.5 Å². The van der Waals surface area contributed by atoms with E-state index in [0.29, 0.717) is 23.7 Å². The molecule has 2 heterocycles. The Kier molecular flexibility index (Phi) is 5.15. The van der Waals surface area contributed by atoms with Gasteiger partial charge in [0.2, 0.25) is 0 Å². The SMILES string of the molecule is CCOc1cccc2c1OCC(C(=O)NS(=O)(=O)c1ccc(Cl)nc1)=C2. The van der Waals surface area contributed by atoms with E-state index in [-0.39, 0.29) is 22.2 Å². The topological polar surface area (TPSA) is 94.6 Å². The molecule has 0 radical (unpaired) electrons. The predicted molar refractivity (Wildman–Crippen MR) is 95.7 cm³/mol. The van der Waals surface area contributed by atoms with Gasteiger partial charge in [0.25, 0.3) is 15.9 Å². The van der Waals surface area contributed by atoms with Crippen molar-refractivity contribution in [2.75, 3.05) is 13.2 Å². The Labute approximate surface area is 155 Å². The molecule has 1 aliphatic rings. The normalized spacial score (nSPS) is 13.2. The number of carbonyl (C=O) groups is 1. The van der Waals surface area contributed by atoms with Crippen LogP contribution >= 0.6 is 11.6 Å². The zero-order valence-electron chi connectivity index (χ0n) is 13.7. The molecular weight excluding hydrogens is 380 g/mol. The summed E-state index contributed by atoms with van der Waals surface area (Å²) in [6, 6.07) is 7.87. The monoisotopic (exact) mass is 394 g/mol. The molecule has 9 heteroatoms. The number of hydrogen-bond acceptors (Lipinski definition) is 6. The molecule has 0 bridgehead atoms. The van der Waals surface area contributed by atoms with Crippen LogP contribution < -0.4 is 14.2 Å². The number of nitrogens with zero attached hydrogens (tertiary/aromatic N) is 1. The van der Waals surface area contributed by atoms with Crippen molar-refractivity contribution < 1.29 is 22.7 Å². The third-order valence-corrected chi connectivity index (χ3v) is 5.08. The second kappa shape index (κ2) is 7.35. The van der Waals surface area contributed by atoms with E-state index in [9.17, 15) is 13.2 Å². The van der Waals surface area contributed by atoms with E-state index in [0.717, 1.165) is 6.20 Å². The Balaban J connectivity index is 1.82. The van der Waals surface area contributed by atoms with Gasteiger partial charge in [0.1, 0.15) is 16.7 Å². The summed E-state index contributed by atoms with van der Waals surface area (Å²) in [6.45, 7) is 2.26. The fourth-order valence-electron chi connectivity index (χ4n) is 2.35. The molecule has 136 valence electrons. The molecular formula is C17H15ClN2O5S. The van der Waals surface area contributed by atoms with Crippen LogP contribution in [0.1, 0.15) is 12.5 Å². The van der Waals surface area contributed by atoms with Gasteiger partial charge in [0.15, 0.2) is 11.5 Å². The van der Waals surface area contributed by atoms with Gasteiger partial charge in [-0.05, 0) is 31.2 Å². The second-order valence-electron chi connectivity index (χ2n) is 5.32. The van der Waals surface area contributed by atoms with Gasteiger partial charge in [0, 0.05) is 11.8 Å². The van der Waals surface area contributed by atoms with Crippen LogP contribution in [0.2, 0.25) is 5.15 Å². The first-order valence-electron chi connectivity index (χ1n) is 7.68. The molecule has 1 N–H and O–H groups in total. The van der Waals surface area contributed by atoms with Gasteiger partial charge in [-0.15, -0.1) is 0 Å². The zero-order valence-corrected chi connectivity index (χ0v) is 15.3. The molecule has 2 aromatic rings. The van der Waals surface area contributed by atoms with Gasteiger partial charge in [-0.1, -0.05) is 23.7 Å². The number of rotatable bonds is 5. The van der Waals surface area contributed by atoms with Crippen molar-refractivity contribution in [3.05, 3.63) is 52.8 Å². The standard InChI is InChI=1S/C17H15ClN2O5S/c1-2-24-14-5-3-4-11-8-12(10-25-16(11)14)17(21)20-26(22,23)13-6-7-15(18)19-9-13/h3-9H,2,10H2,1H3,(H,20,21). The number of amides is 1. The van der Waals surface area contributed by atoms with E-state index >= 15 is 0 Å². The van der Waals surface area contributed by atoms with Crippen LogP contribution in [0, 0.1) is 0 Å². The van der Waals surface area contributed by atoms with Crippen LogP contribution in [0.3, 0.4) is 0 Å². The number of sulfonamides is 1. The molecule has 0 saturated carbocycles. The number of nitrogens with one attached hydrogen (secondary N) is 1. The summed E-state index contributed by atoms with van der Waals surface area (Å²) in [5, 5.41) is 0.153. The molecule has 0 unspecified atom stereocenters. The third kappa shape index (κ3) is 3.81. The van der Waals surface area contributed by atoms with Crippen molar-refractivity contribution in [3.8, 4) is 11.5 Å². The fraction of sp³-hybridized carbons (Fsp3) is 0.176. The van der Waals surface area contributed by atoms with Gasteiger partial charge in [-0.25, -0.2) is 18.1 Å². The van der Waals surface area contributed by atoms with E-state index in [1.165, 1.54) is 12.1 Å². The van der Waals surface area contributed by atoms with E-state index in [1.54, 1.807) is 24.3 Å². The highest BCUT2D eigenvalue weighted by molar-refractivity contribution is 7.90. The molecule has 7 nitrogen and oxygen atoms in total. The largest absolute Gasteiger partial charge is 0.490 e. The van der Waals surface area contributed by atoms with E-state index < -0.39 is 15.9 Å². The quantitative estimate of drug-likeness (QED) is 0.782. The molecule has 1 aromatic heterocycles. The van der Waals surface area contributed by atoms with Gasteiger partial charge >= 0.3 is 0 Å². The van der Waals surface area contributed by atoms with Crippen molar-refractivity contribution in [1.82, 2.24) is 9.71 Å². The van der Waals surface area contributed by atoms with Crippen LogP contribution in [0.15, 0.2) is 47.0 Å². The third-order valence-electron chi connectivity index (χ3n) is 3.54. The van der Waals surface area contributed by atoms with Crippen molar-refractivity contribution in [3.63, 3.8) is 0 Å². The summed E-state index contributed by atoms with van der Waals surface area (Å²) >= 11 is 5.64. The molecule has 0 fully saturated rings. The number of pyridine rings is 1. The van der Waals surface area contributed by atoms with Crippen molar-refractivity contribution >= 4 is 33.6 Å². The molecule has 0 atom stereocenters. The maximum atomic E-state index is 12.4. The van der Waals surface area contributed by atoms with Crippen LogP contribution in [0.4, 0.5) is 0 Å². The highest BCUT2D eigenvalue weighted by Crippen LogP contribution is 2.35. The number of fused-ring (bicyclic) bond motifs is 1. The predicted octanol–water partition coefficient (Wildman–Crippen LogP) is 2.41. The Morgan fingerprint density at radius 3 is 2.85 bits per heavy atom. The van der Waals surface area contributed by atoms with Gasteiger partial charge in [-0.3, -0.25) is 4.79 Å². The molecule has 0 aliphatic carbocycles. The first-order valence-corrected chi connectivity index (χ1v) is 9.54. The van der Waals surface area contributed by atoms with Crippen LogP contribution in [0.25, 0.3) is 6.08 Å². The number of para-hydroxylation sites is 1. The van der Waals surface area contributed by atoms with Crippen molar-refractivity contribution in [2.24, 2.45) is 0 Å². The highest BCUT2D eigenvalue weighted by atomic mass is 35.5. The van der Waals surface area contributed by atoms with E-state index in [1.807, 2.05) is 11.6 Å².